The van der Waals surface area contributed by atoms with Crippen molar-refractivity contribution in [3.8, 4) is 0 Å². The summed E-state index contributed by atoms with van der Waals surface area (Å²) in [7, 11) is 0. The van der Waals surface area contributed by atoms with Crippen LogP contribution in [0, 0.1) is 0 Å². The molecule has 1 saturated heterocycles. The quantitative estimate of drug-likeness (QED) is 0.695. The maximum Gasteiger partial charge on any atom is 0.253 e. The highest BCUT2D eigenvalue weighted by Crippen LogP contribution is 2.38. The van der Waals surface area contributed by atoms with Gasteiger partial charge in [-0.15, -0.1) is 0 Å². The van der Waals surface area contributed by atoms with Crippen LogP contribution in [0.25, 0.3) is 0 Å². The van der Waals surface area contributed by atoms with Crippen molar-refractivity contribution < 1.29 is 4.79 Å². The second kappa shape index (κ2) is 7.62. The number of piperidine rings is 1. The number of aromatic nitrogens is 5. The van der Waals surface area contributed by atoms with E-state index in [1.54, 1.807) is 18.6 Å². The van der Waals surface area contributed by atoms with E-state index >= 15 is 0 Å². The van der Waals surface area contributed by atoms with Crippen LogP contribution in [0.15, 0.2) is 42.9 Å². The number of aromatic amines is 1. The van der Waals surface area contributed by atoms with Crippen LogP contribution in [-0.4, -0.2) is 49.0 Å². The van der Waals surface area contributed by atoms with Crippen molar-refractivity contribution in [1.82, 2.24) is 30.0 Å². The van der Waals surface area contributed by atoms with Gasteiger partial charge in [-0.1, -0.05) is 6.07 Å². The number of benzene rings is 1. The molecule has 2 N–H and O–H groups in total. The van der Waals surface area contributed by atoms with E-state index in [1.807, 2.05) is 29.2 Å². The second-order valence-corrected chi connectivity index (χ2v) is 7.74. The lowest BCUT2D eigenvalue weighted by Gasteiger charge is -2.31. The highest BCUT2D eigenvalue weighted by molar-refractivity contribution is 5.95. The number of carbonyl (C=O) groups excluding carboxylic acids is 1. The monoisotopic (exact) mass is 389 g/mol. The summed E-state index contributed by atoms with van der Waals surface area (Å²) in [5, 5.41) is 10.7. The third-order valence-electron chi connectivity index (χ3n) is 5.50. The Morgan fingerprint density at radius 2 is 2.10 bits per heavy atom. The molecule has 8 nitrogen and oxygen atoms in total. The van der Waals surface area contributed by atoms with E-state index in [0.29, 0.717) is 23.8 Å². The van der Waals surface area contributed by atoms with Crippen LogP contribution in [0.1, 0.15) is 59.5 Å². The molecule has 1 atom stereocenters. The van der Waals surface area contributed by atoms with Crippen molar-refractivity contribution in [3.63, 3.8) is 0 Å². The largest absolute Gasteiger partial charge is 0.339 e. The zero-order valence-corrected chi connectivity index (χ0v) is 16.1. The van der Waals surface area contributed by atoms with Crippen LogP contribution in [0.2, 0.25) is 0 Å². The maximum absolute atomic E-state index is 13.1. The summed E-state index contributed by atoms with van der Waals surface area (Å²) in [4.78, 5) is 28.0. The van der Waals surface area contributed by atoms with Crippen molar-refractivity contribution in [3.05, 3.63) is 60.1 Å². The van der Waals surface area contributed by atoms with Crippen LogP contribution in [0.3, 0.4) is 0 Å². The number of amides is 1. The van der Waals surface area contributed by atoms with Crippen molar-refractivity contribution in [2.24, 2.45) is 0 Å². The molecule has 1 aromatic carbocycles. The SMILES string of the molecule is O=C(c1cccc(Nc2cnccn2)c1)N1CCC[C@@H](c2n[nH]c(C3CC3)n2)C1. The van der Waals surface area contributed by atoms with Gasteiger partial charge in [0.05, 0.1) is 6.20 Å². The Labute approximate surface area is 168 Å². The average Bonchev–Trinajstić information content (AvgIpc) is 3.51. The van der Waals surface area contributed by atoms with Crippen LogP contribution >= 0.6 is 0 Å². The summed E-state index contributed by atoms with van der Waals surface area (Å²) in [6.07, 6.45) is 9.27. The number of anilines is 2. The number of hydrogen-bond acceptors (Lipinski definition) is 6. The van der Waals surface area contributed by atoms with E-state index in [1.165, 1.54) is 12.8 Å². The Morgan fingerprint density at radius 1 is 1.17 bits per heavy atom. The van der Waals surface area contributed by atoms with Crippen LogP contribution in [0.5, 0.6) is 0 Å². The Balaban J connectivity index is 1.28. The number of likely N-dealkylation sites (tertiary alicyclic amines) is 1. The van der Waals surface area contributed by atoms with E-state index in [9.17, 15) is 4.79 Å². The van der Waals surface area contributed by atoms with Gasteiger partial charge in [0.1, 0.15) is 11.6 Å². The van der Waals surface area contributed by atoms with Gasteiger partial charge in [0.2, 0.25) is 0 Å². The maximum atomic E-state index is 13.1. The lowest BCUT2D eigenvalue weighted by atomic mass is 9.96. The summed E-state index contributed by atoms with van der Waals surface area (Å²) >= 11 is 0. The third-order valence-corrected chi connectivity index (χ3v) is 5.50. The number of H-pyrrole nitrogens is 1. The van der Waals surface area contributed by atoms with Gasteiger partial charge >= 0.3 is 0 Å². The molecular formula is C21H23N7O. The smallest absolute Gasteiger partial charge is 0.253 e. The Morgan fingerprint density at radius 3 is 2.93 bits per heavy atom. The fourth-order valence-corrected chi connectivity index (χ4v) is 3.81. The minimum Gasteiger partial charge on any atom is -0.339 e. The van der Waals surface area contributed by atoms with E-state index < -0.39 is 0 Å². The molecular weight excluding hydrogens is 366 g/mol. The van der Waals surface area contributed by atoms with Crippen LogP contribution < -0.4 is 5.32 Å². The molecule has 8 heteroatoms. The Kier molecular flexibility index (Phi) is 4.67. The van der Waals surface area contributed by atoms with Gasteiger partial charge in [-0.05, 0) is 43.9 Å². The minimum absolute atomic E-state index is 0.0375. The molecule has 0 unspecified atom stereocenters. The second-order valence-electron chi connectivity index (χ2n) is 7.74. The van der Waals surface area contributed by atoms with E-state index in [4.69, 9.17) is 4.98 Å². The predicted molar refractivity (Wildman–Crippen MR) is 108 cm³/mol. The van der Waals surface area contributed by atoms with Crippen LogP contribution in [0.4, 0.5) is 11.5 Å². The summed E-state index contributed by atoms with van der Waals surface area (Å²) < 4.78 is 0. The molecule has 1 aliphatic carbocycles. The molecule has 5 rings (SSSR count). The van der Waals surface area contributed by atoms with E-state index in [-0.39, 0.29) is 11.8 Å². The van der Waals surface area contributed by atoms with Crippen LogP contribution in [-0.2, 0) is 0 Å². The van der Waals surface area contributed by atoms with E-state index in [2.05, 4.69) is 25.5 Å². The highest BCUT2D eigenvalue weighted by atomic mass is 16.2. The molecule has 3 aromatic rings. The normalized spacial score (nSPS) is 19.2. The lowest BCUT2D eigenvalue weighted by molar-refractivity contribution is 0.0704. The van der Waals surface area contributed by atoms with Crippen molar-refractivity contribution >= 4 is 17.4 Å². The topological polar surface area (TPSA) is 99.7 Å². The first kappa shape index (κ1) is 17.8. The van der Waals surface area contributed by atoms with Crippen molar-refractivity contribution in [2.45, 2.75) is 37.5 Å². The van der Waals surface area contributed by atoms with Gasteiger partial charge in [-0.2, -0.15) is 5.10 Å². The summed E-state index contributed by atoms with van der Waals surface area (Å²) in [6, 6.07) is 7.51. The number of nitrogens with one attached hydrogen (secondary N) is 2. The first-order chi connectivity index (χ1) is 14.3. The Hall–Kier alpha value is -3.29. The molecule has 148 valence electrons. The van der Waals surface area contributed by atoms with Crippen molar-refractivity contribution in [1.29, 1.82) is 0 Å². The standard InChI is InChI=1S/C21H23N7O/c29-21(15-3-1-5-17(11-15)24-18-12-22-8-9-23-18)28-10-2-4-16(13-28)20-25-19(26-27-20)14-6-7-14/h1,3,5,8-9,11-12,14,16H,2,4,6-7,10,13H2,(H,23,24)(H,25,26,27)/t16-/m1/s1. The number of rotatable bonds is 5. The number of hydrogen-bond donors (Lipinski definition) is 2. The zero-order chi connectivity index (χ0) is 19.6. The fourth-order valence-electron chi connectivity index (χ4n) is 3.81. The first-order valence-corrected chi connectivity index (χ1v) is 10.1. The molecule has 2 fully saturated rings. The van der Waals surface area contributed by atoms with Gasteiger partial charge in [0, 0.05) is 48.6 Å². The van der Waals surface area contributed by atoms with Gasteiger partial charge < -0.3 is 10.2 Å². The zero-order valence-electron chi connectivity index (χ0n) is 16.1. The molecule has 2 aromatic heterocycles. The molecule has 1 aliphatic heterocycles. The van der Waals surface area contributed by atoms with E-state index in [0.717, 1.165) is 36.7 Å². The van der Waals surface area contributed by atoms with Gasteiger partial charge in [-0.3, -0.25) is 14.9 Å². The average molecular weight is 389 g/mol. The molecule has 29 heavy (non-hydrogen) atoms. The Bertz CT molecular complexity index is 999. The molecule has 0 radical (unpaired) electrons. The molecule has 1 saturated carbocycles. The third kappa shape index (κ3) is 3.96. The fraction of sp³-hybridized carbons (Fsp3) is 0.381. The first-order valence-electron chi connectivity index (χ1n) is 10.1. The van der Waals surface area contributed by atoms with Crippen molar-refractivity contribution in [2.75, 3.05) is 18.4 Å². The van der Waals surface area contributed by atoms with Gasteiger partial charge in [0.15, 0.2) is 5.82 Å². The van der Waals surface area contributed by atoms with Gasteiger partial charge in [-0.25, -0.2) is 9.97 Å². The number of carbonyl (C=O) groups is 1. The summed E-state index contributed by atoms with van der Waals surface area (Å²) in [5.74, 6) is 3.29. The van der Waals surface area contributed by atoms with Gasteiger partial charge in [0.25, 0.3) is 5.91 Å². The predicted octanol–water partition coefficient (Wildman–Crippen LogP) is 3.24. The summed E-state index contributed by atoms with van der Waals surface area (Å²) in [6.45, 7) is 1.42. The molecule has 1 amide bonds. The minimum atomic E-state index is 0.0375. The summed E-state index contributed by atoms with van der Waals surface area (Å²) in [5.41, 5.74) is 1.47. The molecule has 0 spiro atoms. The highest BCUT2D eigenvalue weighted by Gasteiger charge is 2.31. The molecule has 2 aliphatic rings. The molecule has 0 bridgehead atoms. The number of nitrogens with zero attached hydrogens (tertiary/aromatic N) is 5. The molecule has 3 heterocycles. The lowest BCUT2D eigenvalue weighted by Crippen LogP contribution is -2.39.